The maximum Gasteiger partial charge on any atom is 0.262 e. The summed E-state index contributed by atoms with van der Waals surface area (Å²) in [6.07, 6.45) is -0.430. The van der Waals surface area contributed by atoms with E-state index in [0.717, 1.165) is 18.7 Å². The molecule has 0 aromatic heterocycles. The molecule has 0 spiro atoms. The van der Waals surface area contributed by atoms with Crippen LogP contribution in [0.2, 0.25) is 0 Å². The molecule has 1 aromatic rings. The molecule has 1 aromatic carbocycles. The van der Waals surface area contributed by atoms with Crippen LogP contribution in [0.1, 0.15) is 24.5 Å². The van der Waals surface area contributed by atoms with Crippen LogP contribution in [0.15, 0.2) is 24.3 Å². The lowest BCUT2D eigenvalue weighted by atomic mass is 10.1. The van der Waals surface area contributed by atoms with Gasteiger partial charge < -0.3 is 10.2 Å². The van der Waals surface area contributed by atoms with Crippen LogP contribution < -0.4 is 10.6 Å². The van der Waals surface area contributed by atoms with Crippen LogP contribution in [0.25, 0.3) is 0 Å². The normalized spacial score (nSPS) is 20.3. The standard InChI is InChI=1S/C16H23F2N3O/c1-3-21(2)10-13-6-4-5-12(7-13)9-19-15(22)14-8-16(17,18)11-20-14/h4-7,14,20H,3,8-11H2,1-2H3,(H,19,22). The number of nitrogens with one attached hydrogen (secondary N) is 2. The highest BCUT2D eigenvalue weighted by atomic mass is 19.3. The van der Waals surface area contributed by atoms with Crippen molar-refractivity contribution in [2.24, 2.45) is 0 Å². The number of rotatable bonds is 6. The van der Waals surface area contributed by atoms with Crippen LogP contribution in [0, 0.1) is 0 Å². The van der Waals surface area contributed by atoms with E-state index < -0.39 is 24.9 Å². The van der Waals surface area contributed by atoms with Gasteiger partial charge in [0.15, 0.2) is 0 Å². The van der Waals surface area contributed by atoms with Gasteiger partial charge >= 0.3 is 0 Å². The van der Waals surface area contributed by atoms with Crippen molar-refractivity contribution >= 4 is 5.91 Å². The van der Waals surface area contributed by atoms with Gasteiger partial charge in [0.25, 0.3) is 5.92 Å². The van der Waals surface area contributed by atoms with Crippen molar-refractivity contribution < 1.29 is 13.6 Å². The second-order valence-corrected chi connectivity index (χ2v) is 5.86. The number of hydrogen-bond donors (Lipinski definition) is 2. The molecule has 1 saturated heterocycles. The summed E-state index contributed by atoms with van der Waals surface area (Å²) in [7, 11) is 2.04. The maximum atomic E-state index is 13.1. The maximum absolute atomic E-state index is 13.1. The molecule has 122 valence electrons. The average Bonchev–Trinajstić information content (AvgIpc) is 2.85. The van der Waals surface area contributed by atoms with E-state index in [1.165, 1.54) is 5.56 Å². The second-order valence-electron chi connectivity index (χ2n) is 5.86. The van der Waals surface area contributed by atoms with Crippen LogP contribution in [0.4, 0.5) is 8.78 Å². The molecule has 1 amide bonds. The first-order chi connectivity index (χ1) is 10.4. The van der Waals surface area contributed by atoms with Crippen molar-refractivity contribution in [2.75, 3.05) is 20.1 Å². The fourth-order valence-corrected chi connectivity index (χ4v) is 2.47. The van der Waals surface area contributed by atoms with Crippen molar-refractivity contribution in [2.45, 2.75) is 38.4 Å². The zero-order chi connectivity index (χ0) is 16.2. The monoisotopic (exact) mass is 311 g/mol. The quantitative estimate of drug-likeness (QED) is 0.841. The molecule has 1 aliphatic heterocycles. The molecular formula is C16H23F2N3O. The van der Waals surface area contributed by atoms with Gasteiger partial charge in [-0.15, -0.1) is 0 Å². The molecule has 4 nitrogen and oxygen atoms in total. The average molecular weight is 311 g/mol. The molecule has 0 aliphatic carbocycles. The number of nitrogens with zero attached hydrogens (tertiary/aromatic N) is 1. The molecule has 0 bridgehead atoms. The van der Waals surface area contributed by atoms with Crippen LogP contribution in [-0.4, -0.2) is 42.9 Å². The third kappa shape index (κ3) is 4.74. The number of hydrogen-bond acceptors (Lipinski definition) is 3. The molecule has 6 heteroatoms. The van der Waals surface area contributed by atoms with E-state index in [9.17, 15) is 13.6 Å². The lowest BCUT2D eigenvalue weighted by molar-refractivity contribution is -0.123. The third-order valence-corrected chi connectivity index (χ3v) is 3.88. The van der Waals surface area contributed by atoms with Gasteiger partial charge in [0.2, 0.25) is 5.91 Å². The minimum atomic E-state index is -2.79. The Morgan fingerprint density at radius 1 is 1.45 bits per heavy atom. The predicted molar refractivity (Wildman–Crippen MR) is 81.7 cm³/mol. The minimum absolute atomic E-state index is 0.353. The Hall–Kier alpha value is -1.53. The first-order valence-corrected chi connectivity index (χ1v) is 7.55. The Labute approximate surface area is 129 Å². The second kappa shape index (κ2) is 7.15. The molecule has 1 heterocycles. The Morgan fingerprint density at radius 2 is 2.18 bits per heavy atom. The molecule has 1 atom stereocenters. The van der Waals surface area contributed by atoms with E-state index in [0.29, 0.717) is 6.54 Å². The van der Waals surface area contributed by atoms with Gasteiger partial charge in [-0.3, -0.25) is 10.1 Å². The molecular weight excluding hydrogens is 288 g/mol. The summed E-state index contributed by atoms with van der Waals surface area (Å²) in [5, 5.41) is 5.28. The van der Waals surface area contributed by atoms with Crippen LogP contribution >= 0.6 is 0 Å². The van der Waals surface area contributed by atoms with E-state index >= 15 is 0 Å². The number of amides is 1. The van der Waals surface area contributed by atoms with Crippen molar-refractivity contribution in [3.05, 3.63) is 35.4 Å². The summed E-state index contributed by atoms with van der Waals surface area (Å²) in [6.45, 7) is 3.82. The fourth-order valence-electron chi connectivity index (χ4n) is 2.47. The van der Waals surface area contributed by atoms with Gasteiger partial charge in [0.05, 0.1) is 12.6 Å². The van der Waals surface area contributed by atoms with Crippen LogP contribution in [0.3, 0.4) is 0 Å². The third-order valence-electron chi connectivity index (χ3n) is 3.88. The van der Waals surface area contributed by atoms with Gasteiger partial charge in [-0.05, 0) is 24.7 Å². The minimum Gasteiger partial charge on any atom is -0.351 e. The van der Waals surface area contributed by atoms with Gasteiger partial charge in [-0.2, -0.15) is 0 Å². The van der Waals surface area contributed by atoms with Crippen LogP contribution in [0.5, 0.6) is 0 Å². The van der Waals surface area contributed by atoms with Crippen molar-refractivity contribution in [3.8, 4) is 0 Å². The molecule has 1 aliphatic rings. The lowest BCUT2D eigenvalue weighted by Crippen LogP contribution is -2.40. The molecule has 1 unspecified atom stereocenters. The Bertz CT molecular complexity index is 522. The van der Waals surface area contributed by atoms with E-state index in [1.807, 2.05) is 31.3 Å². The van der Waals surface area contributed by atoms with E-state index in [4.69, 9.17) is 0 Å². The van der Waals surface area contributed by atoms with Crippen molar-refractivity contribution in [3.63, 3.8) is 0 Å². The molecule has 1 fully saturated rings. The zero-order valence-corrected chi connectivity index (χ0v) is 13.0. The highest BCUT2D eigenvalue weighted by Crippen LogP contribution is 2.25. The lowest BCUT2D eigenvalue weighted by Gasteiger charge is -2.15. The van der Waals surface area contributed by atoms with Crippen molar-refractivity contribution in [1.29, 1.82) is 0 Å². The highest BCUT2D eigenvalue weighted by Gasteiger charge is 2.42. The summed E-state index contributed by atoms with van der Waals surface area (Å²) in [4.78, 5) is 14.1. The predicted octanol–water partition coefficient (Wildman–Crippen LogP) is 1.75. The van der Waals surface area contributed by atoms with Gasteiger partial charge in [0.1, 0.15) is 0 Å². The summed E-state index contributed by atoms with van der Waals surface area (Å²) >= 11 is 0. The fraction of sp³-hybridized carbons (Fsp3) is 0.562. The van der Waals surface area contributed by atoms with Gasteiger partial charge in [-0.25, -0.2) is 8.78 Å². The van der Waals surface area contributed by atoms with E-state index in [-0.39, 0.29) is 5.91 Å². The summed E-state index contributed by atoms with van der Waals surface area (Å²) in [6, 6.07) is 7.14. The number of halogens is 2. The van der Waals surface area contributed by atoms with Gasteiger partial charge in [0, 0.05) is 19.5 Å². The van der Waals surface area contributed by atoms with Crippen molar-refractivity contribution in [1.82, 2.24) is 15.5 Å². The molecule has 22 heavy (non-hydrogen) atoms. The first kappa shape index (κ1) is 16.8. The Balaban J connectivity index is 1.86. The number of carbonyl (C=O) groups is 1. The van der Waals surface area contributed by atoms with E-state index in [1.54, 1.807) is 0 Å². The number of alkyl halides is 2. The van der Waals surface area contributed by atoms with Gasteiger partial charge in [-0.1, -0.05) is 31.2 Å². The number of carbonyl (C=O) groups excluding carboxylic acids is 1. The topological polar surface area (TPSA) is 44.4 Å². The Morgan fingerprint density at radius 3 is 2.82 bits per heavy atom. The molecule has 0 saturated carbocycles. The van der Waals surface area contributed by atoms with E-state index in [2.05, 4.69) is 22.5 Å². The molecule has 2 N–H and O–H groups in total. The molecule has 0 radical (unpaired) electrons. The summed E-state index contributed by atoms with van der Waals surface area (Å²) < 4.78 is 26.2. The summed E-state index contributed by atoms with van der Waals surface area (Å²) in [5.74, 6) is -3.15. The highest BCUT2D eigenvalue weighted by molar-refractivity contribution is 5.82. The number of benzene rings is 1. The smallest absolute Gasteiger partial charge is 0.262 e. The largest absolute Gasteiger partial charge is 0.351 e. The zero-order valence-electron chi connectivity index (χ0n) is 13.0. The Kier molecular flexibility index (Phi) is 5.47. The summed E-state index contributed by atoms with van der Waals surface area (Å²) in [5.41, 5.74) is 2.14. The first-order valence-electron chi connectivity index (χ1n) is 7.55. The SMILES string of the molecule is CCN(C)Cc1cccc(CNC(=O)C2CC(F)(F)CN2)c1. The van der Waals surface area contributed by atoms with Crippen LogP contribution in [-0.2, 0) is 17.9 Å². The molecule has 2 rings (SSSR count).